The van der Waals surface area contributed by atoms with Crippen molar-refractivity contribution in [2.75, 3.05) is 13.2 Å². The average Bonchev–Trinajstić information content (AvgIpc) is 2.17. The van der Waals surface area contributed by atoms with E-state index < -0.39 is 5.41 Å². The van der Waals surface area contributed by atoms with Gasteiger partial charge in [-0.2, -0.15) is 5.26 Å². The van der Waals surface area contributed by atoms with Gasteiger partial charge in [-0.15, -0.1) is 0 Å². The molecule has 1 saturated heterocycles. The Kier molecular flexibility index (Phi) is 2.47. The van der Waals surface area contributed by atoms with E-state index in [2.05, 4.69) is 6.07 Å². The van der Waals surface area contributed by atoms with Crippen LogP contribution in [0.25, 0.3) is 0 Å². The molecule has 78 valence electrons. The first-order chi connectivity index (χ1) is 7.18. The summed E-state index contributed by atoms with van der Waals surface area (Å²) in [4.78, 5) is 0. The molecule has 0 aromatic heterocycles. The fourth-order valence-electron chi connectivity index (χ4n) is 1.82. The van der Waals surface area contributed by atoms with Gasteiger partial charge in [-0.3, -0.25) is 0 Å². The van der Waals surface area contributed by atoms with Crippen LogP contribution >= 0.6 is 0 Å². The molecule has 2 N–H and O–H groups in total. The van der Waals surface area contributed by atoms with Gasteiger partial charge in [0.15, 0.2) is 0 Å². The van der Waals surface area contributed by atoms with E-state index >= 15 is 0 Å². The Balaban J connectivity index is 2.28. The van der Waals surface area contributed by atoms with E-state index in [1.54, 1.807) is 0 Å². The number of benzene rings is 1. The molecule has 0 radical (unpaired) electrons. The molecule has 1 aliphatic heterocycles. The summed E-state index contributed by atoms with van der Waals surface area (Å²) in [6.45, 7) is 2.91. The van der Waals surface area contributed by atoms with Crippen LogP contribution < -0.4 is 5.73 Å². The molecule has 15 heavy (non-hydrogen) atoms. The summed E-state index contributed by atoms with van der Waals surface area (Å²) < 4.78 is 5.10. The van der Waals surface area contributed by atoms with Crippen molar-refractivity contribution in [1.29, 1.82) is 5.26 Å². The fraction of sp³-hybridized carbons (Fsp3) is 0.417. The van der Waals surface area contributed by atoms with Crippen molar-refractivity contribution in [2.24, 2.45) is 11.1 Å². The summed E-state index contributed by atoms with van der Waals surface area (Å²) in [7, 11) is 0. The van der Waals surface area contributed by atoms with Gasteiger partial charge in [-0.25, -0.2) is 0 Å². The van der Waals surface area contributed by atoms with Crippen molar-refractivity contribution < 1.29 is 4.74 Å². The topological polar surface area (TPSA) is 59.0 Å². The first-order valence-electron chi connectivity index (χ1n) is 4.99. The molecule has 0 bridgehead atoms. The van der Waals surface area contributed by atoms with E-state index in [1.165, 1.54) is 0 Å². The molecule has 3 nitrogen and oxygen atoms in total. The minimum atomic E-state index is -0.520. The Hall–Kier alpha value is -1.37. The first-order valence-corrected chi connectivity index (χ1v) is 4.99. The molecule has 0 spiro atoms. The zero-order valence-electron chi connectivity index (χ0n) is 8.73. The van der Waals surface area contributed by atoms with Gasteiger partial charge in [0, 0.05) is 0 Å². The molecular weight excluding hydrogens is 188 g/mol. The Bertz CT molecular complexity index is 404. The average molecular weight is 202 g/mol. The zero-order chi connectivity index (χ0) is 10.9. The lowest BCUT2D eigenvalue weighted by Gasteiger charge is -2.39. The van der Waals surface area contributed by atoms with Crippen molar-refractivity contribution >= 4 is 0 Å². The maximum absolute atomic E-state index is 9.13. The van der Waals surface area contributed by atoms with Crippen molar-refractivity contribution in [3.8, 4) is 6.07 Å². The molecule has 1 heterocycles. The van der Waals surface area contributed by atoms with Crippen LogP contribution in [0.1, 0.15) is 17.2 Å². The Morgan fingerprint density at radius 1 is 1.53 bits per heavy atom. The third-order valence-electron chi connectivity index (χ3n) is 2.94. The van der Waals surface area contributed by atoms with Gasteiger partial charge in [0.2, 0.25) is 0 Å². The van der Waals surface area contributed by atoms with Crippen molar-refractivity contribution in [3.05, 3.63) is 35.4 Å². The second-order valence-electron chi connectivity index (χ2n) is 4.15. The highest BCUT2D eigenvalue weighted by Crippen LogP contribution is 2.38. The summed E-state index contributed by atoms with van der Waals surface area (Å²) in [6, 6.07) is 10.0. The minimum Gasteiger partial charge on any atom is -0.378 e. The van der Waals surface area contributed by atoms with Gasteiger partial charge < -0.3 is 10.5 Å². The van der Waals surface area contributed by atoms with Gasteiger partial charge in [0.1, 0.15) is 5.41 Å². The Morgan fingerprint density at radius 3 is 2.73 bits per heavy atom. The summed E-state index contributed by atoms with van der Waals surface area (Å²) in [6.07, 6.45) is 0. The molecule has 0 amide bonds. The maximum Gasteiger partial charge on any atom is 0.123 e. The summed E-state index contributed by atoms with van der Waals surface area (Å²) in [5, 5.41) is 9.13. The number of ether oxygens (including phenoxy) is 1. The first kappa shape index (κ1) is 10.2. The zero-order valence-corrected chi connectivity index (χ0v) is 8.73. The second-order valence-corrected chi connectivity index (χ2v) is 4.15. The quantitative estimate of drug-likeness (QED) is 0.791. The van der Waals surface area contributed by atoms with Crippen LogP contribution in [0.5, 0.6) is 0 Å². The van der Waals surface area contributed by atoms with E-state index in [4.69, 9.17) is 15.7 Å². The number of hydrogen-bond donors (Lipinski definition) is 1. The molecule has 1 aliphatic rings. The third kappa shape index (κ3) is 1.63. The number of hydrogen-bond acceptors (Lipinski definition) is 3. The maximum atomic E-state index is 9.13. The number of nitrogens with two attached hydrogens (primary N) is 1. The van der Waals surface area contributed by atoms with Gasteiger partial charge in [0.05, 0.1) is 25.3 Å². The number of nitriles is 1. The molecule has 3 heteroatoms. The molecule has 0 aliphatic carbocycles. The van der Waals surface area contributed by atoms with Crippen LogP contribution in [0, 0.1) is 23.7 Å². The lowest BCUT2D eigenvalue weighted by molar-refractivity contribution is -0.0910. The highest BCUT2D eigenvalue weighted by atomic mass is 16.5. The van der Waals surface area contributed by atoms with Crippen LogP contribution in [0.2, 0.25) is 0 Å². The van der Waals surface area contributed by atoms with Crippen LogP contribution in [0.4, 0.5) is 0 Å². The fourth-order valence-corrected chi connectivity index (χ4v) is 1.82. The van der Waals surface area contributed by atoms with Gasteiger partial charge in [-0.05, 0) is 12.5 Å². The molecule has 0 saturated carbocycles. The third-order valence-corrected chi connectivity index (χ3v) is 2.94. The van der Waals surface area contributed by atoms with Crippen molar-refractivity contribution in [3.63, 3.8) is 0 Å². The molecule has 1 unspecified atom stereocenters. The Morgan fingerprint density at radius 2 is 2.27 bits per heavy atom. The van der Waals surface area contributed by atoms with Crippen LogP contribution in [-0.2, 0) is 4.74 Å². The molecule has 1 fully saturated rings. The van der Waals surface area contributed by atoms with Gasteiger partial charge in [0.25, 0.3) is 0 Å². The van der Waals surface area contributed by atoms with Gasteiger partial charge in [-0.1, -0.05) is 29.8 Å². The van der Waals surface area contributed by atoms with Gasteiger partial charge >= 0.3 is 0 Å². The van der Waals surface area contributed by atoms with E-state index in [1.807, 2.05) is 31.2 Å². The smallest absolute Gasteiger partial charge is 0.123 e. The number of nitrogens with zero attached hydrogens (tertiary/aromatic N) is 1. The predicted octanol–water partition coefficient (Wildman–Crippen LogP) is 1.53. The lowest BCUT2D eigenvalue weighted by atomic mass is 9.77. The van der Waals surface area contributed by atoms with Crippen molar-refractivity contribution in [1.82, 2.24) is 0 Å². The SMILES string of the molecule is Cc1cccc(C(N)C2(C#N)COC2)c1. The van der Waals surface area contributed by atoms with E-state index in [9.17, 15) is 0 Å². The van der Waals surface area contributed by atoms with Crippen LogP contribution in [0.15, 0.2) is 24.3 Å². The van der Waals surface area contributed by atoms with E-state index in [0.29, 0.717) is 13.2 Å². The van der Waals surface area contributed by atoms with E-state index in [-0.39, 0.29) is 6.04 Å². The molecule has 1 aromatic carbocycles. The number of aryl methyl sites for hydroxylation is 1. The van der Waals surface area contributed by atoms with Crippen LogP contribution in [0.3, 0.4) is 0 Å². The highest BCUT2D eigenvalue weighted by Gasteiger charge is 2.45. The Labute approximate surface area is 89.5 Å². The normalized spacial score (nSPS) is 20.1. The van der Waals surface area contributed by atoms with Crippen molar-refractivity contribution in [2.45, 2.75) is 13.0 Å². The van der Waals surface area contributed by atoms with E-state index in [0.717, 1.165) is 11.1 Å². The summed E-state index contributed by atoms with van der Waals surface area (Å²) in [5.41, 5.74) is 7.77. The molecule has 1 aromatic rings. The summed E-state index contributed by atoms with van der Waals surface area (Å²) in [5.74, 6) is 0. The largest absolute Gasteiger partial charge is 0.378 e. The highest BCUT2D eigenvalue weighted by molar-refractivity contribution is 5.29. The number of rotatable bonds is 2. The summed E-state index contributed by atoms with van der Waals surface area (Å²) >= 11 is 0. The minimum absolute atomic E-state index is 0.254. The van der Waals surface area contributed by atoms with Crippen LogP contribution in [-0.4, -0.2) is 13.2 Å². The molecule has 2 rings (SSSR count). The molecular formula is C12H14N2O. The molecule has 1 atom stereocenters. The standard InChI is InChI=1S/C12H14N2O/c1-9-3-2-4-10(5-9)11(14)12(6-13)7-15-8-12/h2-5,11H,7-8,14H2,1H3. The second kappa shape index (κ2) is 3.65. The predicted molar refractivity (Wildman–Crippen MR) is 57.0 cm³/mol. The lowest BCUT2D eigenvalue weighted by Crippen LogP contribution is -2.49. The monoisotopic (exact) mass is 202 g/mol.